The molecule has 1 aliphatic rings. The molecule has 0 radical (unpaired) electrons. The Kier molecular flexibility index (Phi) is 27.1. The molecule has 0 aromatic carbocycles. The summed E-state index contributed by atoms with van der Waals surface area (Å²) in [4.78, 5) is 15.6. The zero-order valence-corrected chi connectivity index (χ0v) is 19.1. The van der Waals surface area contributed by atoms with Crippen molar-refractivity contribution in [2.75, 3.05) is 33.8 Å². The van der Waals surface area contributed by atoms with Gasteiger partial charge in [-0.2, -0.15) is 0 Å². The van der Waals surface area contributed by atoms with Crippen molar-refractivity contribution in [3.63, 3.8) is 0 Å². The SMILES string of the molecule is C=CN=CCC.CC.CCN(C=O)CCNC.COC1=CC(C(=N)N)=CC=CC1. The highest BCUT2D eigenvalue weighted by Gasteiger charge is 2.02. The van der Waals surface area contributed by atoms with E-state index < -0.39 is 0 Å². The first-order valence-electron chi connectivity index (χ1n) is 9.92. The predicted molar refractivity (Wildman–Crippen MR) is 126 cm³/mol. The second-order valence-electron chi connectivity index (χ2n) is 5.24. The van der Waals surface area contributed by atoms with Crippen LogP contribution >= 0.6 is 0 Å². The number of ether oxygens (including phenoxy) is 1. The lowest BCUT2D eigenvalue weighted by Gasteiger charge is -2.12. The lowest BCUT2D eigenvalue weighted by Crippen LogP contribution is -2.29. The van der Waals surface area contributed by atoms with E-state index in [1.54, 1.807) is 24.2 Å². The summed E-state index contributed by atoms with van der Waals surface area (Å²) < 4.78 is 5.07. The van der Waals surface area contributed by atoms with E-state index in [4.69, 9.17) is 15.9 Å². The predicted octanol–water partition coefficient (Wildman–Crippen LogP) is 3.66. The van der Waals surface area contributed by atoms with E-state index in [0.717, 1.165) is 44.6 Å². The Morgan fingerprint density at radius 2 is 2.10 bits per heavy atom. The topological polar surface area (TPSA) is 104 Å². The van der Waals surface area contributed by atoms with Crippen LogP contribution in [0.2, 0.25) is 0 Å². The van der Waals surface area contributed by atoms with Gasteiger partial charge in [-0.15, -0.1) is 0 Å². The molecule has 0 atom stereocenters. The first-order chi connectivity index (χ1) is 14.0. The van der Waals surface area contributed by atoms with Gasteiger partial charge >= 0.3 is 0 Å². The van der Waals surface area contributed by atoms with Crippen LogP contribution in [0.25, 0.3) is 0 Å². The third-order valence-electron chi connectivity index (χ3n) is 3.22. The van der Waals surface area contributed by atoms with E-state index >= 15 is 0 Å². The summed E-state index contributed by atoms with van der Waals surface area (Å²) in [5.41, 5.74) is 6.03. The van der Waals surface area contributed by atoms with Gasteiger partial charge in [-0.1, -0.05) is 45.6 Å². The molecule has 0 aliphatic heterocycles. The van der Waals surface area contributed by atoms with Gasteiger partial charge in [0.05, 0.1) is 12.9 Å². The number of hydrogen-bond acceptors (Lipinski definition) is 5. The van der Waals surface area contributed by atoms with Gasteiger partial charge in [-0.25, -0.2) is 0 Å². The number of methoxy groups -OCH3 is 1. The van der Waals surface area contributed by atoms with Crippen LogP contribution < -0.4 is 11.1 Å². The Labute approximate surface area is 177 Å². The molecule has 0 bridgehead atoms. The summed E-state index contributed by atoms with van der Waals surface area (Å²) in [5, 5.41) is 10.2. The molecule has 1 aliphatic carbocycles. The Hall–Kier alpha value is -2.67. The van der Waals surface area contributed by atoms with Gasteiger partial charge in [0.2, 0.25) is 6.41 Å². The molecule has 1 rings (SSSR count). The number of nitrogens with zero attached hydrogens (tertiary/aromatic N) is 2. The molecule has 4 N–H and O–H groups in total. The highest BCUT2D eigenvalue weighted by Crippen LogP contribution is 2.12. The van der Waals surface area contributed by atoms with Crippen molar-refractivity contribution in [3.8, 4) is 0 Å². The van der Waals surface area contributed by atoms with Crippen molar-refractivity contribution in [1.29, 1.82) is 5.41 Å². The number of rotatable bonds is 9. The lowest BCUT2D eigenvalue weighted by atomic mass is 10.2. The van der Waals surface area contributed by atoms with Gasteiger partial charge in [-0.05, 0) is 26.5 Å². The number of amidine groups is 1. The number of likely N-dealkylation sites (N-methyl/N-ethyl adjacent to an activating group) is 2. The number of amides is 1. The third kappa shape index (κ3) is 21.5. The molecular weight excluding hydrogens is 366 g/mol. The van der Waals surface area contributed by atoms with E-state index in [-0.39, 0.29) is 5.84 Å². The molecule has 7 heteroatoms. The van der Waals surface area contributed by atoms with Gasteiger partial charge in [0.15, 0.2) is 0 Å². The Bertz CT molecular complexity index is 537. The molecule has 29 heavy (non-hydrogen) atoms. The number of allylic oxidation sites excluding steroid dienone is 3. The maximum absolute atomic E-state index is 10.1. The van der Waals surface area contributed by atoms with E-state index in [9.17, 15) is 4.79 Å². The maximum Gasteiger partial charge on any atom is 0.209 e. The van der Waals surface area contributed by atoms with E-state index in [2.05, 4.69) is 16.9 Å². The van der Waals surface area contributed by atoms with Crippen LogP contribution in [-0.4, -0.2) is 57.2 Å². The molecule has 1 amide bonds. The van der Waals surface area contributed by atoms with Crippen molar-refractivity contribution >= 4 is 18.5 Å². The molecule has 0 aromatic heterocycles. The molecular formula is C22H41N5O2. The molecule has 0 saturated carbocycles. The van der Waals surface area contributed by atoms with E-state index in [1.165, 1.54) is 6.20 Å². The number of carbonyl (C=O) groups excluding carboxylic acids is 1. The number of nitrogens with two attached hydrogens (primary N) is 1. The quantitative estimate of drug-likeness (QED) is 0.308. The fourth-order valence-electron chi connectivity index (χ4n) is 1.67. The summed E-state index contributed by atoms with van der Waals surface area (Å²) in [7, 11) is 3.49. The molecule has 0 fully saturated rings. The molecule has 7 nitrogen and oxygen atoms in total. The minimum Gasteiger partial charge on any atom is -0.501 e. The minimum absolute atomic E-state index is 0.0658. The first-order valence-corrected chi connectivity index (χ1v) is 9.92. The third-order valence-corrected chi connectivity index (χ3v) is 3.22. The molecule has 0 heterocycles. The summed E-state index contributed by atoms with van der Waals surface area (Å²) in [5.74, 6) is 0.890. The van der Waals surface area contributed by atoms with Gasteiger partial charge in [-0.3, -0.25) is 15.2 Å². The zero-order chi connectivity index (χ0) is 22.9. The van der Waals surface area contributed by atoms with Gasteiger partial charge in [0.1, 0.15) is 5.84 Å². The van der Waals surface area contributed by atoms with Crippen molar-refractivity contribution in [2.24, 2.45) is 10.7 Å². The highest BCUT2D eigenvalue weighted by molar-refractivity contribution is 5.97. The average Bonchev–Trinajstić information content (AvgIpc) is 3.01. The zero-order valence-electron chi connectivity index (χ0n) is 19.1. The van der Waals surface area contributed by atoms with E-state index in [0.29, 0.717) is 5.57 Å². The standard InChI is InChI=1S/C9H12N2O.C6H14N2O.C5H9N.C2H6/c1-12-8-5-3-2-4-7(6-8)9(10)11;1-3-8(6-9)5-4-7-2;1-3-5-6-4-2;1-2/h2-4,6H,5H2,1H3,(H3,10,11);6-7H,3-5H2,1-2H3;4-5H,2-3H2,1H3;1-2H3. The largest absolute Gasteiger partial charge is 0.501 e. The number of hydrogen-bond donors (Lipinski definition) is 3. The summed E-state index contributed by atoms with van der Waals surface area (Å²) in [6, 6.07) is 0. The molecule has 0 unspecified atom stereocenters. The summed E-state index contributed by atoms with van der Waals surface area (Å²) in [6.45, 7) is 13.9. The molecule has 0 saturated heterocycles. The average molecular weight is 408 g/mol. The smallest absolute Gasteiger partial charge is 0.209 e. The van der Waals surface area contributed by atoms with Crippen LogP contribution in [0.3, 0.4) is 0 Å². The first kappa shape index (κ1) is 31.0. The molecule has 166 valence electrons. The summed E-state index contributed by atoms with van der Waals surface area (Å²) >= 11 is 0. The van der Waals surface area contributed by atoms with Crippen molar-refractivity contribution in [2.45, 2.75) is 40.5 Å². The number of carbonyl (C=O) groups is 1. The monoisotopic (exact) mass is 407 g/mol. The van der Waals surface area contributed by atoms with Crippen LogP contribution in [-0.2, 0) is 9.53 Å². The molecule has 0 spiro atoms. The van der Waals surface area contributed by atoms with Gasteiger partial charge < -0.3 is 20.7 Å². The highest BCUT2D eigenvalue weighted by atomic mass is 16.5. The fraction of sp³-hybridized carbons (Fsp3) is 0.500. The second-order valence-corrected chi connectivity index (χ2v) is 5.24. The van der Waals surface area contributed by atoms with Crippen LogP contribution in [0.1, 0.15) is 40.5 Å². The Balaban J connectivity index is -0.000000354. The fourth-order valence-corrected chi connectivity index (χ4v) is 1.67. The second kappa shape index (κ2) is 25.3. The number of aliphatic imine (C=N–C) groups is 1. The summed E-state index contributed by atoms with van der Waals surface area (Å²) in [6.07, 6.45) is 13.4. The van der Waals surface area contributed by atoms with Crippen LogP contribution in [0.15, 0.2) is 53.4 Å². The Morgan fingerprint density at radius 1 is 1.45 bits per heavy atom. The van der Waals surface area contributed by atoms with Gasteiger partial charge in [0, 0.05) is 44.0 Å². The van der Waals surface area contributed by atoms with Crippen LogP contribution in [0.5, 0.6) is 0 Å². The van der Waals surface area contributed by atoms with Crippen molar-refractivity contribution in [1.82, 2.24) is 10.2 Å². The van der Waals surface area contributed by atoms with Crippen molar-refractivity contribution < 1.29 is 9.53 Å². The lowest BCUT2D eigenvalue weighted by molar-refractivity contribution is -0.117. The van der Waals surface area contributed by atoms with Crippen LogP contribution in [0.4, 0.5) is 0 Å². The maximum atomic E-state index is 10.1. The van der Waals surface area contributed by atoms with Gasteiger partial charge in [0.25, 0.3) is 0 Å². The van der Waals surface area contributed by atoms with Crippen LogP contribution in [0, 0.1) is 5.41 Å². The Morgan fingerprint density at radius 3 is 2.48 bits per heavy atom. The van der Waals surface area contributed by atoms with Crippen molar-refractivity contribution in [3.05, 3.63) is 48.4 Å². The van der Waals surface area contributed by atoms with E-state index in [1.807, 2.05) is 53.1 Å². The normalized spacial score (nSPS) is 11.7. The minimum atomic E-state index is 0.0658. The number of nitrogens with one attached hydrogen (secondary N) is 2. The molecule has 0 aromatic rings.